The van der Waals surface area contributed by atoms with E-state index in [9.17, 15) is 13.6 Å². The zero-order valence-electron chi connectivity index (χ0n) is 15.8. The Balaban J connectivity index is 1.51. The van der Waals surface area contributed by atoms with Crippen LogP contribution in [-0.2, 0) is 0 Å². The minimum absolute atomic E-state index is 0.392. The molecule has 1 amide bonds. The minimum Gasteiger partial charge on any atom is -0.345 e. The second-order valence-corrected chi connectivity index (χ2v) is 8.23. The van der Waals surface area contributed by atoms with Crippen molar-refractivity contribution < 1.29 is 13.6 Å². The van der Waals surface area contributed by atoms with E-state index in [1.165, 1.54) is 16.5 Å². The fourth-order valence-electron chi connectivity index (χ4n) is 3.52. The molecule has 0 spiro atoms. The number of rotatable bonds is 3. The fourth-order valence-corrected chi connectivity index (χ4v) is 4.57. The quantitative estimate of drug-likeness (QED) is 0.640. The maximum absolute atomic E-state index is 13.9. The number of aromatic nitrogens is 1. The number of halogens is 2. The molecule has 28 heavy (non-hydrogen) atoms. The van der Waals surface area contributed by atoms with E-state index in [1.807, 2.05) is 0 Å². The molecule has 0 N–H and O–H groups in total. The van der Waals surface area contributed by atoms with Gasteiger partial charge in [-0.25, -0.2) is 13.8 Å². The van der Waals surface area contributed by atoms with Crippen LogP contribution in [0.2, 0.25) is 0 Å². The molecule has 2 aromatic carbocycles. The van der Waals surface area contributed by atoms with E-state index in [0.29, 0.717) is 32.1 Å². The van der Waals surface area contributed by atoms with Crippen LogP contribution in [0.3, 0.4) is 0 Å². The van der Waals surface area contributed by atoms with Gasteiger partial charge in [0.15, 0.2) is 5.13 Å². The molecule has 1 aliphatic rings. The average molecular weight is 401 g/mol. The van der Waals surface area contributed by atoms with Crippen LogP contribution in [-0.4, -0.2) is 42.0 Å². The molecule has 7 heteroatoms. The number of hydrogen-bond acceptors (Lipinski definition) is 4. The van der Waals surface area contributed by atoms with Crippen LogP contribution in [0.1, 0.15) is 35.7 Å². The van der Waals surface area contributed by atoms with Crippen molar-refractivity contribution in [2.24, 2.45) is 0 Å². The average Bonchev–Trinajstić information content (AvgIpc) is 3.12. The van der Waals surface area contributed by atoms with Gasteiger partial charge in [-0.2, -0.15) is 0 Å². The van der Waals surface area contributed by atoms with Crippen LogP contribution in [0.5, 0.6) is 0 Å². The normalized spacial score (nSPS) is 14.9. The summed E-state index contributed by atoms with van der Waals surface area (Å²) in [7, 11) is 0. The van der Waals surface area contributed by atoms with Crippen molar-refractivity contribution in [3.05, 3.63) is 59.2 Å². The molecular formula is C21H21F2N3OS. The lowest BCUT2D eigenvalue weighted by Gasteiger charge is -2.34. The second kappa shape index (κ2) is 7.47. The zero-order valence-corrected chi connectivity index (χ0v) is 16.6. The predicted octanol–water partition coefficient (Wildman–Crippen LogP) is 4.66. The maximum atomic E-state index is 13.9. The van der Waals surface area contributed by atoms with Gasteiger partial charge in [-0.15, -0.1) is 0 Å². The lowest BCUT2D eigenvalue weighted by atomic mass is 10.0. The number of thiazole rings is 1. The summed E-state index contributed by atoms with van der Waals surface area (Å²) in [5.41, 5.74) is 1.78. The van der Waals surface area contributed by atoms with Gasteiger partial charge >= 0.3 is 0 Å². The van der Waals surface area contributed by atoms with Gasteiger partial charge in [0, 0.05) is 26.2 Å². The third-order valence-electron chi connectivity index (χ3n) is 5.07. The van der Waals surface area contributed by atoms with Crippen LogP contribution >= 0.6 is 11.3 Å². The Bertz CT molecular complexity index is 1010. The molecule has 0 bridgehead atoms. The number of benzene rings is 2. The van der Waals surface area contributed by atoms with E-state index < -0.39 is 23.1 Å². The highest BCUT2D eigenvalue weighted by Gasteiger charge is 2.27. The summed E-state index contributed by atoms with van der Waals surface area (Å²) in [5, 5.41) is 0.923. The van der Waals surface area contributed by atoms with Gasteiger partial charge in [-0.1, -0.05) is 43.4 Å². The molecular weight excluding hydrogens is 380 g/mol. The number of anilines is 1. The van der Waals surface area contributed by atoms with Gasteiger partial charge in [0.05, 0.1) is 10.2 Å². The standard InChI is InChI=1S/C21H21F2N3OS/c1-13(2)14-5-3-8-17-19(14)24-21(28-17)26-11-9-25(10-12-26)20(27)18-15(22)6-4-7-16(18)23/h3-8,13H,9-12H2,1-2H3. The SMILES string of the molecule is CC(C)c1cccc2sc(N3CCN(C(=O)c4c(F)cccc4F)CC3)nc12. The van der Waals surface area contributed by atoms with Crippen molar-refractivity contribution in [1.29, 1.82) is 0 Å². The second-order valence-electron chi connectivity index (χ2n) is 7.22. The van der Waals surface area contributed by atoms with Crippen LogP contribution in [0.15, 0.2) is 36.4 Å². The Morgan fingerprint density at radius 2 is 1.68 bits per heavy atom. The number of amides is 1. The van der Waals surface area contributed by atoms with Crippen molar-refractivity contribution >= 4 is 32.6 Å². The van der Waals surface area contributed by atoms with Gasteiger partial charge in [0.2, 0.25) is 0 Å². The third-order valence-corrected chi connectivity index (χ3v) is 6.16. The summed E-state index contributed by atoms with van der Waals surface area (Å²) in [5.74, 6) is -1.84. The summed E-state index contributed by atoms with van der Waals surface area (Å²) in [6.07, 6.45) is 0. The van der Waals surface area contributed by atoms with Crippen molar-refractivity contribution in [2.45, 2.75) is 19.8 Å². The van der Waals surface area contributed by atoms with E-state index in [4.69, 9.17) is 4.98 Å². The van der Waals surface area contributed by atoms with Crippen molar-refractivity contribution in [1.82, 2.24) is 9.88 Å². The molecule has 2 heterocycles. The summed E-state index contributed by atoms with van der Waals surface area (Å²) in [4.78, 5) is 21.0. The van der Waals surface area contributed by atoms with Crippen LogP contribution in [0, 0.1) is 11.6 Å². The van der Waals surface area contributed by atoms with E-state index in [-0.39, 0.29) is 0 Å². The van der Waals surface area contributed by atoms with Crippen LogP contribution in [0.4, 0.5) is 13.9 Å². The molecule has 1 aliphatic heterocycles. The summed E-state index contributed by atoms with van der Waals surface area (Å²) < 4.78 is 29.0. The largest absolute Gasteiger partial charge is 0.345 e. The number of carbonyl (C=O) groups is 1. The Labute approximate surface area is 166 Å². The van der Waals surface area contributed by atoms with E-state index >= 15 is 0 Å². The summed E-state index contributed by atoms with van der Waals surface area (Å²) in [6.45, 7) is 6.27. The smallest absolute Gasteiger partial charge is 0.259 e. The number of piperazine rings is 1. The molecule has 3 aromatic rings. The van der Waals surface area contributed by atoms with E-state index in [0.717, 1.165) is 27.5 Å². The Kier molecular flexibility index (Phi) is 5.02. The summed E-state index contributed by atoms with van der Waals surface area (Å²) in [6, 6.07) is 9.72. The van der Waals surface area contributed by atoms with Gasteiger partial charge in [-0.3, -0.25) is 4.79 Å². The van der Waals surface area contributed by atoms with Gasteiger partial charge in [0.25, 0.3) is 5.91 Å². The zero-order chi connectivity index (χ0) is 19.8. The van der Waals surface area contributed by atoms with Crippen molar-refractivity contribution in [2.75, 3.05) is 31.1 Å². The highest BCUT2D eigenvalue weighted by Crippen LogP contribution is 2.33. The first-order valence-electron chi connectivity index (χ1n) is 9.33. The monoisotopic (exact) mass is 401 g/mol. The highest BCUT2D eigenvalue weighted by atomic mass is 32.1. The molecule has 0 atom stereocenters. The molecule has 1 aromatic heterocycles. The predicted molar refractivity (Wildman–Crippen MR) is 108 cm³/mol. The first kappa shape index (κ1) is 18.8. The molecule has 146 valence electrons. The highest BCUT2D eigenvalue weighted by molar-refractivity contribution is 7.22. The molecule has 1 saturated heterocycles. The molecule has 0 saturated carbocycles. The minimum atomic E-state index is -0.820. The number of carbonyl (C=O) groups excluding carboxylic acids is 1. The molecule has 1 fully saturated rings. The molecule has 4 rings (SSSR count). The lowest BCUT2D eigenvalue weighted by Crippen LogP contribution is -2.49. The van der Waals surface area contributed by atoms with E-state index in [2.05, 4.69) is 36.9 Å². The van der Waals surface area contributed by atoms with Gasteiger partial charge in [0.1, 0.15) is 17.2 Å². The Morgan fingerprint density at radius 3 is 2.32 bits per heavy atom. The first-order chi connectivity index (χ1) is 13.5. The number of fused-ring (bicyclic) bond motifs is 1. The molecule has 0 radical (unpaired) electrons. The summed E-state index contributed by atoms with van der Waals surface area (Å²) >= 11 is 1.64. The van der Waals surface area contributed by atoms with Crippen LogP contribution in [0.25, 0.3) is 10.2 Å². The lowest BCUT2D eigenvalue weighted by molar-refractivity contribution is 0.0737. The van der Waals surface area contributed by atoms with E-state index in [1.54, 1.807) is 11.3 Å². The fraction of sp³-hybridized carbons (Fsp3) is 0.333. The first-order valence-corrected chi connectivity index (χ1v) is 10.1. The third kappa shape index (κ3) is 3.35. The topological polar surface area (TPSA) is 36.4 Å². The van der Waals surface area contributed by atoms with Gasteiger partial charge in [-0.05, 0) is 29.7 Å². The number of hydrogen-bond donors (Lipinski definition) is 0. The van der Waals surface area contributed by atoms with Crippen LogP contribution < -0.4 is 4.90 Å². The molecule has 0 aliphatic carbocycles. The Morgan fingerprint density at radius 1 is 1.04 bits per heavy atom. The van der Waals surface area contributed by atoms with Crippen molar-refractivity contribution in [3.63, 3.8) is 0 Å². The number of nitrogens with zero attached hydrogens (tertiary/aromatic N) is 3. The maximum Gasteiger partial charge on any atom is 0.259 e. The molecule has 4 nitrogen and oxygen atoms in total. The number of para-hydroxylation sites is 1. The van der Waals surface area contributed by atoms with Gasteiger partial charge < -0.3 is 9.80 Å². The Hall–Kier alpha value is -2.54. The molecule has 0 unspecified atom stereocenters. The van der Waals surface area contributed by atoms with Crippen molar-refractivity contribution in [3.8, 4) is 0 Å².